The molecule has 0 bridgehead atoms. The number of ether oxygens (including phenoxy) is 2. The van der Waals surface area contributed by atoms with E-state index in [9.17, 15) is 18.0 Å². The Hall–Kier alpha value is -4.08. The molecule has 0 spiro atoms. The van der Waals surface area contributed by atoms with Crippen LogP contribution >= 0.6 is 0 Å². The standard InChI is InChI=1S/C25H23F3N4O3/c1-15(17-5-7-18(8-6-17)25(26,27)28)19-10-11-32(31-19)23-14-24(33)30-22(29-23)13-16-4-9-20(34-2)21(12-16)35-3/h4-12,14-15H,13H2,1-3H3,(H,29,30,33)/t15-/m1/s1. The predicted octanol–water partition coefficient (Wildman–Crippen LogP) is 4.73. The molecule has 182 valence electrons. The topological polar surface area (TPSA) is 82.0 Å². The summed E-state index contributed by atoms with van der Waals surface area (Å²) in [5.41, 5.74) is 1.15. The first-order valence-corrected chi connectivity index (χ1v) is 10.7. The van der Waals surface area contributed by atoms with Gasteiger partial charge < -0.3 is 14.5 Å². The van der Waals surface area contributed by atoms with Crippen LogP contribution in [-0.2, 0) is 12.6 Å². The zero-order valence-corrected chi connectivity index (χ0v) is 19.3. The van der Waals surface area contributed by atoms with Gasteiger partial charge in [0.1, 0.15) is 5.82 Å². The van der Waals surface area contributed by atoms with Crippen LogP contribution in [0.5, 0.6) is 11.5 Å². The number of benzene rings is 2. The molecule has 2 heterocycles. The van der Waals surface area contributed by atoms with E-state index in [1.54, 1.807) is 32.5 Å². The van der Waals surface area contributed by atoms with Gasteiger partial charge in [-0.25, -0.2) is 9.67 Å². The van der Waals surface area contributed by atoms with Crippen LogP contribution in [0.4, 0.5) is 13.2 Å². The summed E-state index contributed by atoms with van der Waals surface area (Å²) in [5, 5.41) is 4.51. The Morgan fingerprint density at radius 1 is 1.00 bits per heavy atom. The third-order valence-corrected chi connectivity index (χ3v) is 5.62. The summed E-state index contributed by atoms with van der Waals surface area (Å²) in [6, 6.07) is 13.5. The summed E-state index contributed by atoms with van der Waals surface area (Å²) in [5.74, 6) is 1.67. The third kappa shape index (κ3) is 5.37. The van der Waals surface area contributed by atoms with Gasteiger partial charge in [0, 0.05) is 24.6 Å². The molecule has 4 aromatic rings. The van der Waals surface area contributed by atoms with Crippen LogP contribution < -0.4 is 15.0 Å². The van der Waals surface area contributed by atoms with Gasteiger partial charge in [-0.15, -0.1) is 0 Å². The summed E-state index contributed by atoms with van der Waals surface area (Å²) in [6.45, 7) is 1.85. The fraction of sp³-hybridized carbons (Fsp3) is 0.240. The number of methoxy groups -OCH3 is 2. The van der Waals surface area contributed by atoms with Gasteiger partial charge in [0.05, 0.1) is 25.5 Å². The highest BCUT2D eigenvalue weighted by molar-refractivity contribution is 5.43. The minimum Gasteiger partial charge on any atom is -0.493 e. The van der Waals surface area contributed by atoms with Crippen LogP contribution in [0.2, 0.25) is 0 Å². The van der Waals surface area contributed by atoms with E-state index in [-0.39, 0.29) is 11.5 Å². The van der Waals surface area contributed by atoms with Crippen molar-refractivity contribution >= 4 is 0 Å². The Morgan fingerprint density at radius 2 is 1.71 bits per heavy atom. The van der Waals surface area contributed by atoms with Crippen molar-refractivity contribution in [3.8, 4) is 17.3 Å². The Bertz CT molecular complexity index is 1380. The molecule has 2 aromatic heterocycles. The first-order valence-electron chi connectivity index (χ1n) is 10.7. The van der Waals surface area contributed by atoms with E-state index < -0.39 is 11.7 Å². The van der Waals surface area contributed by atoms with E-state index in [1.165, 1.54) is 22.9 Å². The second-order valence-corrected chi connectivity index (χ2v) is 7.94. The van der Waals surface area contributed by atoms with Crippen LogP contribution in [0.1, 0.15) is 41.1 Å². The average Bonchev–Trinajstić information content (AvgIpc) is 3.33. The van der Waals surface area contributed by atoms with Crippen LogP contribution in [0.15, 0.2) is 65.6 Å². The Kier molecular flexibility index (Phi) is 6.63. The molecule has 0 radical (unpaired) electrons. The highest BCUT2D eigenvalue weighted by Gasteiger charge is 2.30. The summed E-state index contributed by atoms with van der Waals surface area (Å²) < 4.78 is 50.6. The maximum absolute atomic E-state index is 12.8. The first-order chi connectivity index (χ1) is 16.7. The van der Waals surface area contributed by atoms with E-state index in [0.29, 0.717) is 40.8 Å². The molecule has 0 fully saturated rings. The molecule has 0 aliphatic heterocycles. The molecule has 0 amide bonds. The van der Waals surface area contributed by atoms with Gasteiger partial charge in [0.15, 0.2) is 17.3 Å². The molecule has 1 N–H and O–H groups in total. The van der Waals surface area contributed by atoms with Crippen molar-refractivity contribution in [1.29, 1.82) is 0 Å². The van der Waals surface area contributed by atoms with Gasteiger partial charge in [0.25, 0.3) is 5.56 Å². The molecule has 2 aromatic carbocycles. The number of alkyl halides is 3. The SMILES string of the molecule is COc1ccc(Cc2nc(-n3ccc([C@H](C)c4ccc(C(F)(F)F)cc4)n3)cc(=O)[nH]2)cc1OC. The van der Waals surface area contributed by atoms with Crippen molar-refractivity contribution in [1.82, 2.24) is 19.7 Å². The largest absolute Gasteiger partial charge is 0.493 e. The van der Waals surface area contributed by atoms with Crippen LogP contribution in [0.3, 0.4) is 0 Å². The molecule has 10 heteroatoms. The average molecular weight is 484 g/mol. The van der Waals surface area contributed by atoms with E-state index in [1.807, 2.05) is 19.1 Å². The number of aromatic nitrogens is 4. The third-order valence-electron chi connectivity index (χ3n) is 5.62. The number of hydrogen-bond donors (Lipinski definition) is 1. The van der Waals surface area contributed by atoms with E-state index >= 15 is 0 Å². The van der Waals surface area contributed by atoms with Crippen molar-refractivity contribution in [2.75, 3.05) is 14.2 Å². The van der Waals surface area contributed by atoms with Gasteiger partial charge in [-0.1, -0.05) is 25.1 Å². The zero-order valence-electron chi connectivity index (χ0n) is 19.3. The lowest BCUT2D eigenvalue weighted by molar-refractivity contribution is -0.137. The molecule has 35 heavy (non-hydrogen) atoms. The summed E-state index contributed by atoms with van der Waals surface area (Å²) in [4.78, 5) is 19.6. The van der Waals surface area contributed by atoms with E-state index in [4.69, 9.17) is 9.47 Å². The van der Waals surface area contributed by atoms with E-state index in [2.05, 4.69) is 15.1 Å². The van der Waals surface area contributed by atoms with Crippen molar-refractivity contribution < 1.29 is 22.6 Å². The fourth-order valence-electron chi connectivity index (χ4n) is 3.71. The number of nitrogens with zero attached hydrogens (tertiary/aromatic N) is 3. The molecule has 0 aliphatic rings. The number of nitrogens with one attached hydrogen (secondary N) is 1. The second-order valence-electron chi connectivity index (χ2n) is 7.94. The van der Waals surface area contributed by atoms with Crippen molar-refractivity contribution in [3.05, 3.63) is 99.4 Å². The minimum atomic E-state index is -4.38. The van der Waals surface area contributed by atoms with Gasteiger partial charge in [-0.05, 0) is 41.5 Å². The van der Waals surface area contributed by atoms with Gasteiger partial charge in [0.2, 0.25) is 0 Å². The fourth-order valence-corrected chi connectivity index (χ4v) is 3.71. The molecule has 0 aliphatic carbocycles. The molecule has 1 atom stereocenters. The normalized spacial score (nSPS) is 12.4. The van der Waals surface area contributed by atoms with Gasteiger partial charge in [-0.2, -0.15) is 18.3 Å². The Labute approximate surface area is 199 Å². The van der Waals surface area contributed by atoms with E-state index in [0.717, 1.165) is 17.7 Å². The predicted molar refractivity (Wildman–Crippen MR) is 123 cm³/mol. The smallest absolute Gasteiger partial charge is 0.416 e. The quantitative estimate of drug-likeness (QED) is 0.410. The monoisotopic (exact) mass is 484 g/mol. The highest BCUT2D eigenvalue weighted by atomic mass is 19.4. The number of aromatic amines is 1. The minimum absolute atomic E-state index is 0.258. The van der Waals surface area contributed by atoms with Crippen LogP contribution in [0, 0.1) is 0 Å². The van der Waals surface area contributed by atoms with Crippen molar-refractivity contribution in [3.63, 3.8) is 0 Å². The Morgan fingerprint density at radius 3 is 2.37 bits per heavy atom. The molecule has 0 saturated carbocycles. The van der Waals surface area contributed by atoms with Crippen molar-refractivity contribution in [2.24, 2.45) is 0 Å². The maximum atomic E-state index is 12.8. The van der Waals surface area contributed by atoms with Crippen LogP contribution in [0.25, 0.3) is 5.82 Å². The second kappa shape index (κ2) is 9.65. The lowest BCUT2D eigenvalue weighted by Crippen LogP contribution is -2.15. The van der Waals surface area contributed by atoms with Crippen LogP contribution in [-0.4, -0.2) is 34.0 Å². The first kappa shape index (κ1) is 24.1. The lowest BCUT2D eigenvalue weighted by atomic mass is 9.97. The molecule has 7 nitrogen and oxygen atoms in total. The molecule has 0 saturated heterocycles. The van der Waals surface area contributed by atoms with Gasteiger partial charge in [-0.3, -0.25) is 4.79 Å². The molecule has 0 unspecified atom stereocenters. The summed E-state index contributed by atoms with van der Waals surface area (Å²) in [7, 11) is 3.10. The number of halogens is 3. The molecular formula is C25H23F3N4O3. The summed E-state index contributed by atoms with van der Waals surface area (Å²) >= 11 is 0. The number of hydrogen-bond acceptors (Lipinski definition) is 5. The van der Waals surface area contributed by atoms with Crippen molar-refractivity contribution in [2.45, 2.75) is 25.4 Å². The zero-order chi connectivity index (χ0) is 25.2. The number of rotatable bonds is 7. The summed E-state index contributed by atoms with van der Waals surface area (Å²) in [6.07, 6.45) is -2.37. The molecular weight excluding hydrogens is 461 g/mol. The number of H-pyrrole nitrogens is 1. The maximum Gasteiger partial charge on any atom is 0.416 e. The van der Waals surface area contributed by atoms with Gasteiger partial charge >= 0.3 is 6.18 Å². The lowest BCUT2D eigenvalue weighted by Gasteiger charge is -2.12. The molecule has 4 rings (SSSR count). The Balaban J connectivity index is 1.57. The highest BCUT2D eigenvalue weighted by Crippen LogP contribution is 2.31.